The Hall–Kier alpha value is -2.21. The molecule has 2 aliphatic heterocycles. The lowest BCUT2D eigenvalue weighted by molar-refractivity contribution is 0.0603. The smallest absolute Gasteiger partial charge is 0.340 e. The van der Waals surface area contributed by atoms with Crippen molar-refractivity contribution in [1.29, 1.82) is 0 Å². The first-order chi connectivity index (χ1) is 10.8. The molecule has 22 heavy (non-hydrogen) atoms. The standard InChI is InChI=1S/C16H18N4O2/c1-22-16(21)12-4-5-13(15-14(12)17-6-7-18-15)20-8-10-2-3-11(9-20)19-10/h4-7,10-11,19H,2-3,8-9H2,1H3. The van der Waals surface area contributed by atoms with E-state index < -0.39 is 0 Å². The number of hydrogen-bond acceptors (Lipinski definition) is 6. The van der Waals surface area contributed by atoms with Crippen LogP contribution in [0.25, 0.3) is 11.0 Å². The molecule has 2 aliphatic rings. The second-order valence-electron chi connectivity index (χ2n) is 5.92. The third kappa shape index (κ3) is 2.11. The number of carbonyl (C=O) groups excluding carboxylic acids is 1. The van der Waals surface area contributed by atoms with Gasteiger partial charge in [0.15, 0.2) is 0 Å². The van der Waals surface area contributed by atoms with E-state index in [0.717, 1.165) is 24.3 Å². The van der Waals surface area contributed by atoms with Crippen LogP contribution in [0.4, 0.5) is 5.69 Å². The molecule has 2 unspecified atom stereocenters. The van der Waals surface area contributed by atoms with Gasteiger partial charge in [-0.2, -0.15) is 0 Å². The summed E-state index contributed by atoms with van der Waals surface area (Å²) in [4.78, 5) is 23.1. The number of nitrogens with zero attached hydrogens (tertiary/aromatic N) is 3. The summed E-state index contributed by atoms with van der Waals surface area (Å²) < 4.78 is 4.84. The van der Waals surface area contributed by atoms with Crippen LogP contribution in [0.2, 0.25) is 0 Å². The summed E-state index contributed by atoms with van der Waals surface area (Å²) in [7, 11) is 1.38. The van der Waals surface area contributed by atoms with Gasteiger partial charge in [-0.3, -0.25) is 9.97 Å². The largest absolute Gasteiger partial charge is 0.465 e. The third-order valence-corrected chi connectivity index (χ3v) is 4.57. The van der Waals surface area contributed by atoms with E-state index in [1.807, 2.05) is 6.07 Å². The van der Waals surface area contributed by atoms with E-state index in [1.54, 1.807) is 18.5 Å². The zero-order chi connectivity index (χ0) is 15.1. The van der Waals surface area contributed by atoms with E-state index in [0.29, 0.717) is 23.2 Å². The Bertz CT molecular complexity index is 721. The molecule has 2 fully saturated rings. The van der Waals surface area contributed by atoms with Crippen LogP contribution >= 0.6 is 0 Å². The Morgan fingerprint density at radius 1 is 1.18 bits per heavy atom. The normalized spacial score (nSPS) is 23.8. The Balaban J connectivity index is 1.80. The van der Waals surface area contributed by atoms with E-state index in [2.05, 4.69) is 20.2 Å². The van der Waals surface area contributed by atoms with Gasteiger partial charge < -0.3 is 15.0 Å². The van der Waals surface area contributed by atoms with E-state index in [1.165, 1.54) is 20.0 Å². The monoisotopic (exact) mass is 298 g/mol. The number of aromatic nitrogens is 2. The topological polar surface area (TPSA) is 67.3 Å². The summed E-state index contributed by atoms with van der Waals surface area (Å²) in [5.74, 6) is -0.377. The predicted molar refractivity (Wildman–Crippen MR) is 83.0 cm³/mol. The molecule has 1 N–H and O–H groups in total. The molecule has 1 aromatic carbocycles. The van der Waals surface area contributed by atoms with E-state index in [-0.39, 0.29) is 5.97 Å². The molecule has 0 amide bonds. The quantitative estimate of drug-likeness (QED) is 0.844. The molecule has 0 saturated carbocycles. The molecule has 0 aliphatic carbocycles. The van der Waals surface area contributed by atoms with Gasteiger partial charge in [-0.05, 0) is 25.0 Å². The van der Waals surface area contributed by atoms with E-state index >= 15 is 0 Å². The molecule has 6 nitrogen and oxygen atoms in total. The van der Waals surface area contributed by atoms with Crippen molar-refractivity contribution in [2.45, 2.75) is 24.9 Å². The van der Waals surface area contributed by atoms with Crippen LogP contribution in [0.3, 0.4) is 0 Å². The number of rotatable bonds is 2. The number of fused-ring (bicyclic) bond motifs is 3. The molecule has 2 bridgehead atoms. The first-order valence-corrected chi connectivity index (χ1v) is 7.59. The Labute approximate surface area is 128 Å². The van der Waals surface area contributed by atoms with Gasteiger partial charge in [0.05, 0.1) is 18.4 Å². The van der Waals surface area contributed by atoms with Crippen LogP contribution in [0.1, 0.15) is 23.2 Å². The summed E-state index contributed by atoms with van der Waals surface area (Å²) in [6.07, 6.45) is 5.74. The maximum Gasteiger partial charge on any atom is 0.340 e. The van der Waals surface area contributed by atoms with Gasteiger partial charge in [-0.15, -0.1) is 0 Å². The Kier molecular flexibility index (Phi) is 3.18. The number of hydrogen-bond donors (Lipinski definition) is 1. The third-order valence-electron chi connectivity index (χ3n) is 4.57. The fraction of sp³-hybridized carbons (Fsp3) is 0.438. The fourth-order valence-electron chi connectivity index (χ4n) is 3.57. The second kappa shape index (κ2) is 5.21. The van der Waals surface area contributed by atoms with Crippen molar-refractivity contribution in [1.82, 2.24) is 15.3 Å². The van der Waals surface area contributed by atoms with Gasteiger partial charge in [0, 0.05) is 37.6 Å². The van der Waals surface area contributed by atoms with E-state index in [4.69, 9.17) is 4.74 Å². The summed E-state index contributed by atoms with van der Waals surface area (Å²) in [5.41, 5.74) is 2.89. The second-order valence-corrected chi connectivity index (χ2v) is 5.92. The SMILES string of the molecule is COC(=O)c1ccc(N2CC3CCC(C2)N3)c2nccnc12. The summed E-state index contributed by atoms with van der Waals surface area (Å²) in [5, 5.41) is 3.63. The number of nitrogens with one attached hydrogen (secondary N) is 1. The van der Waals surface area contributed by atoms with Gasteiger partial charge in [0.2, 0.25) is 0 Å². The highest BCUT2D eigenvalue weighted by atomic mass is 16.5. The maximum absolute atomic E-state index is 11.9. The lowest BCUT2D eigenvalue weighted by Crippen LogP contribution is -2.51. The average molecular weight is 298 g/mol. The van der Waals surface area contributed by atoms with Crippen molar-refractivity contribution in [3.05, 3.63) is 30.1 Å². The number of methoxy groups -OCH3 is 1. The maximum atomic E-state index is 11.9. The van der Waals surface area contributed by atoms with Crippen LogP contribution < -0.4 is 10.2 Å². The predicted octanol–water partition coefficient (Wildman–Crippen LogP) is 1.36. The fourth-order valence-corrected chi connectivity index (χ4v) is 3.57. The van der Waals surface area contributed by atoms with Crippen LogP contribution in [0.15, 0.2) is 24.5 Å². The van der Waals surface area contributed by atoms with Crippen molar-refractivity contribution in [3.63, 3.8) is 0 Å². The molecule has 2 saturated heterocycles. The molecule has 114 valence electrons. The van der Waals surface area contributed by atoms with Crippen LogP contribution in [0.5, 0.6) is 0 Å². The summed E-state index contributed by atoms with van der Waals surface area (Å²) in [6.45, 7) is 1.94. The molecule has 0 radical (unpaired) electrons. The first kappa shape index (κ1) is 13.5. The summed E-state index contributed by atoms with van der Waals surface area (Å²) >= 11 is 0. The first-order valence-electron chi connectivity index (χ1n) is 7.59. The van der Waals surface area contributed by atoms with Crippen molar-refractivity contribution < 1.29 is 9.53 Å². The molecule has 3 heterocycles. The minimum absolute atomic E-state index is 0.377. The summed E-state index contributed by atoms with van der Waals surface area (Å²) in [6, 6.07) is 4.85. The van der Waals surface area contributed by atoms with Gasteiger partial charge in [-0.25, -0.2) is 4.79 Å². The highest BCUT2D eigenvalue weighted by molar-refractivity contribution is 6.05. The lowest BCUT2D eigenvalue weighted by atomic mass is 10.1. The van der Waals surface area contributed by atoms with Crippen LogP contribution in [-0.2, 0) is 4.74 Å². The Morgan fingerprint density at radius 2 is 1.86 bits per heavy atom. The van der Waals surface area contributed by atoms with Gasteiger partial charge >= 0.3 is 5.97 Å². The van der Waals surface area contributed by atoms with Crippen molar-refractivity contribution in [2.75, 3.05) is 25.1 Å². The Morgan fingerprint density at radius 3 is 2.55 bits per heavy atom. The van der Waals surface area contributed by atoms with Crippen LogP contribution in [-0.4, -0.2) is 48.2 Å². The molecular formula is C16H18N4O2. The van der Waals surface area contributed by atoms with Crippen molar-refractivity contribution in [3.8, 4) is 0 Å². The number of ether oxygens (including phenoxy) is 1. The number of anilines is 1. The van der Waals surface area contributed by atoms with Crippen molar-refractivity contribution >= 4 is 22.7 Å². The zero-order valence-electron chi connectivity index (χ0n) is 12.5. The molecule has 1 aromatic heterocycles. The molecular weight excluding hydrogens is 280 g/mol. The number of esters is 1. The van der Waals surface area contributed by atoms with Crippen LogP contribution in [0, 0.1) is 0 Å². The molecule has 4 rings (SSSR count). The van der Waals surface area contributed by atoms with Gasteiger partial charge in [0.25, 0.3) is 0 Å². The zero-order valence-corrected chi connectivity index (χ0v) is 12.5. The molecule has 0 spiro atoms. The van der Waals surface area contributed by atoms with Crippen molar-refractivity contribution in [2.24, 2.45) is 0 Å². The lowest BCUT2D eigenvalue weighted by Gasteiger charge is -2.35. The number of benzene rings is 1. The minimum Gasteiger partial charge on any atom is -0.465 e. The molecule has 6 heteroatoms. The van der Waals surface area contributed by atoms with Gasteiger partial charge in [-0.1, -0.05) is 0 Å². The highest BCUT2D eigenvalue weighted by Gasteiger charge is 2.33. The molecule has 2 aromatic rings. The average Bonchev–Trinajstić information content (AvgIpc) is 2.91. The van der Waals surface area contributed by atoms with E-state index in [9.17, 15) is 4.79 Å². The van der Waals surface area contributed by atoms with Gasteiger partial charge in [0.1, 0.15) is 11.0 Å². The molecule has 2 atom stereocenters. The highest BCUT2D eigenvalue weighted by Crippen LogP contribution is 2.31. The number of piperazine rings is 1. The number of carbonyl (C=O) groups is 1. The minimum atomic E-state index is -0.377.